The predicted molar refractivity (Wildman–Crippen MR) is 346 cm³/mol. The molecule has 0 bridgehead atoms. The zero-order chi connectivity index (χ0) is 58.6. The van der Waals surface area contributed by atoms with E-state index in [1.165, 1.54) is 263 Å². The molecule has 7 atom stereocenters. The van der Waals surface area contributed by atoms with Gasteiger partial charge in [-0.15, -0.1) is 0 Å². The molecule has 0 aliphatic carbocycles. The lowest BCUT2D eigenvalue weighted by Gasteiger charge is -2.40. The van der Waals surface area contributed by atoms with Gasteiger partial charge in [-0.2, -0.15) is 0 Å². The number of allylic oxidation sites excluding steroid dienone is 9. The van der Waals surface area contributed by atoms with Crippen molar-refractivity contribution in [1.29, 1.82) is 0 Å². The average Bonchev–Trinajstić information content (AvgIpc) is 3.48. The molecule has 474 valence electrons. The van der Waals surface area contributed by atoms with Crippen LogP contribution < -0.4 is 5.32 Å². The van der Waals surface area contributed by atoms with Crippen LogP contribution in [0.2, 0.25) is 0 Å². The van der Waals surface area contributed by atoms with Crippen molar-refractivity contribution in [3.63, 3.8) is 0 Å². The van der Waals surface area contributed by atoms with Gasteiger partial charge in [0.05, 0.1) is 25.4 Å². The van der Waals surface area contributed by atoms with E-state index in [1.54, 1.807) is 6.08 Å². The van der Waals surface area contributed by atoms with Gasteiger partial charge in [0.2, 0.25) is 5.91 Å². The van der Waals surface area contributed by atoms with Crippen molar-refractivity contribution < 1.29 is 39.8 Å². The smallest absolute Gasteiger partial charge is 0.220 e. The summed E-state index contributed by atoms with van der Waals surface area (Å²) < 4.78 is 11.3. The summed E-state index contributed by atoms with van der Waals surface area (Å²) in [6.07, 6.45) is 77.7. The third-order valence-electron chi connectivity index (χ3n) is 16.5. The van der Waals surface area contributed by atoms with Crippen LogP contribution in [0.1, 0.15) is 335 Å². The Morgan fingerprint density at radius 2 is 0.741 bits per heavy atom. The largest absolute Gasteiger partial charge is 0.394 e. The minimum atomic E-state index is -1.58. The van der Waals surface area contributed by atoms with E-state index in [2.05, 4.69) is 67.8 Å². The average molecular weight is 1140 g/mol. The summed E-state index contributed by atoms with van der Waals surface area (Å²) in [5.41, 5.74) is 0. The molecule has 6 N–H and O–H groups in total. The van der Waals surface area contributed by atoms with Crippen molar-refractivity contribution in [2.75, 3.05) is 13.2 Å². The number of hydrogen-bond acceptors (Lipinski definition) is 8. The Morgan fingerprint density at radius 3 is 1.11 bits per heavy atom. The number of ether oxygens (including phenoxy) is 2. The number of aliphatic hydroxyl groups excluding tert-OH is 5. The quantitative estimate of drug-likeness (QED) is 0.0261. The molecule has 0 aromatic heterocycles. The van der Waals surface area contributed by atoms with Crippen LogP contribution in [0, 0.1) is 0 Å². The molecule has 1 fully saturated rings. The first kappa shape index (κ1) is 76.9. The zero-order valence-electron chi connectivity index (χ0n) is 53.0. The number of aliphatic hydroxyl groups is 5. The Balaban J connectivity index is 2.07. The van der Waals surface area contributed by atoms with Gasteiger partial charge >= 0.3 is 0 Å². The highest BCUT2D eigenvalue weighted by Gasteiger charge is 2.44. The molecule has 1 aliphatic rings. The zero-order valence-corrected chi connectivity index (χ0v) is 53.0. The maximum atomic E-state index is 13.1. The van der Waals surface area contributed by atoms with Gasteiger partial charge in [0.25, 0.3) is 0 Å². The van der Waals surface area contributed by atoms with E-state index in [0.29, 0.717) is 6.42 Å². The Morgan fingerprint density at radius 1 is 0.420 bits per heavy atom. The highest BCUT2D eigenvalue weighted by Crippen LogP contribution is 2.23. The van der Waals surface area contributed by atoms with E-state index >= 15 is 0 Å². The molecule has 1 heterocycles. The lowest BCUT2D eigenvalue weighted by molar-refractivity contribution is -0.302. The van der Waals surface area contributed by atoms with Crippen LogP contribution >= 0.6 is 0 Å². The van der Waals surface area contributed by atoms with Gasteiger partial charge < -0.3 is 40.3 Å². The van der Waals surface area contributed by atoms with Gasteiger partial charge in [-0.05, 0) is 77.0 Å². The van der Waals surface area contributed by atoms with Crippen LogP contribution in [-0.2, 0) is 14.3 Å². The fraction of sp³-hybridized carbons (Fsp3) is 0.847. The maximum absolute atomic E-state index is 13.1. The van der Waals surface area contributed by atoms with E-state index in [-0.39, 0.29) is 12.5 Å². The summed E-state index contributed by atoms with van der Waals surface area (Å²) in [6.45, 7) is 3.78. The predicted octanol–water partition coefficient (Wildman–Crippen LogP) is 19.0. The fourth-order valence-electron chi connectivity index (χ4n) is 11.0. The first-order chi connectivity index (χ1) is 39.8. The molecule has 1 rings (SSSR count). The molecule has 0 spiro atoms. The molecule has 0 aromatic rings. The maximum Gasteiger partial charge on any atom is 0.220 e. The molecule has 1 aliphatic heterocycles. The SMILES string of the molecule is CCCCCCC/C=C\C/C=C\CCCCCCCCCCCCCCCCCCCCCCCCCCCCCC(=O)NC(COC1OC(CO)C(O)C(O)C1O)C(O)/C=C/CC/C=C/CC/C=C/CCCCCCCCCCC. The number of nitrogens with one attached hydrogen (secondary N) is 1. The van der Waals surface area contributed by atoms with Crippen LogP contribution in [0.3, 0.4) is 0 Å². The Bertz CT molecular complexity index is 1460. The molecule has 81 heavy (non-hydrogen) atoms. The topological polar surface area (TPSA) is 149 Å². The molecule has 0 radical (unpaired) electrons. The molecule has 1 amide bonds. The van der Waals surface area contributed by atoms with E-state index in [4.69, 9.17) is 9.47 Å². The van der Waals surface area contributed by atoms with Gasteiger partial charge in [0, 0.05) is 6.42 Å². The van der Waals surface area contributed by atoms with Gasteiger partial charge in [-0.1, -0.05) is 312 Å². The lowest BCUT2D eigenvalue weighted by atomic mass is 9.99. The molecule has 9 nitrogen and oxygen atoms in total. The Hall–Kier alpha value is -2.11. The summed E-state index contributed by atoms with van der Waals surface area (Å²) in [7, 11) is 0. The number of carbonyl (C=O) groups is 1. The first-order valence-electron chi connectivity index (χ1n) is 35.0. The Labute approximate surface area is 500 Å². The second kappa shape index (κ2) is 61.0. The van der Waals surface area contributed by atoms with Crippen molar-refractivity contribution in [2.24, 2.45) is 0 Å². The Kier molecular flexibility index (Phi) is 57.9. The van der Waals surface area contributed by atoms with Crippen molar-refractivity contribution in [1.82, 2.24) is 5.32 Å². The fourth-order valence-corrected chi connectivity index (χ4v) is 11.0. The van der Waals surface area contributed by atoms with Gasteiger partial charge in [-0.3, -0.25) is 4.79 Å². The second-order valence-corrected chi connectivity index (χ2v) is 24.3. The van der Waals surface area contributed by atoms with Gasteiger partial charge in [0.1, 0.15) is 24.4 Å². The summed E-state index contributed by atoms with van der Waals surface area (Å²) in [6, 6.07) is -0.829. The van der Waals surface area contributed by atoms with E-state index in [0.717, 1.165) is 51.4 Å². The van der Waals surface area contributed by atoms with Crippen molar-refractivity contribution in [3.05, 3.63) is 60.8 Å². The summed E-state index contributed by atoms with van der Waals surface area (Å²) in [5.74, 6) is -0.186. The molecule has 0 aromatic carbocycles. The number of hydrogen-bond donors (Lipinski definition) is 6. The molecule has 7 unspecified atom stereocenters. The van der Waals surface area contributed by atoms with Crippen LogP contribution in [0.15, 0.2) is 60.8 Å². The van der Waals surface area contributed by atoms with E-state index in [9.17, 15) is 30.3 Å². The standard InChI is InChI=1S/C72H133NO8/c1-3-5-7-9-11-13-15-17-19-21-23-24-25-26-27-28-29-30-31-32-33-34-35-36-37-38-39-40-41-42-44-46-48-50-52-54-56-58-60-62-68(76)73-65(64-80-72-71(79)70(78)69(77)67(63-74)81-72)66(75)61-59-57-55-53-51-49-47-45-43-22-20-18-16-14-12-10-8-6-4-2/h15,17,21,23,43,45,51,53,59,61,65-67,69-72,74-75,77-79H,3-14,16,18-20,22,24-42,44,46-50,52,54-58,60,62-64H2,1-2H3,(H,73,76)/b17-15-,23-21-,45-43+,53-51+,61-59+. The van der Waals surface area contributed by atoms with Crippen LogP contribution in [0.4, 0.5) is 0 Å². The van der Waals surface area contributed by atoms with Gasteiger partial charge in [-0.25, -0.2) is 0 Å². The van der Waals surface area contributed by atoms with Gasteiger partial charge in [0.15, 0.2) is 6.29 Å². The third kappa shape index (κ3) is 49.8. The van der Waals surface area contributed by atoms with Crippen LogP contribution in [-0.4, -0.2) is 87.5 Å². The molecule has 0 saturated carbocycles. The summed E-state index contributed by atoms with van der Waals surface area (Å²) >= 11 is 0. The highest BCUT2D eigenvalue weighted by molar-refractivity contribution is 5.76. The first-order valence-corrected chi connectivity index (χ1v) is 35.0. The van der Waals surface area contributed by atoms with E-state index < -0.39 is 49.5 Å². The van der Waals surface area contributed by atoms with Crippen molar-refractivity contribution >= 4 is 5.91 Å². The highest BCUT2D eigenvalue weighted by atomic mass is 16.7. The van der Waals surface area contributed by atoms with Crippen LogP contribution in [0.25, 0.3) is 0 Å². The molecule has 1 saturated heterocycles. The molecular formula is C72H133NO8. The normalized spacial score (nSPS) is 18.7. The number of unbranched alkanes of at least 4 members (excludes halogenated alkanes) is 43. The van der Waals surface area contributed by atoms with E-state index in [1.807, 2.05) is 6.08 Å². The number of carbonyl (C=O) groups excluding carboxylic acids is 1. The number of amides is 1. The lowest BCUT2D eigenvalue weighted by Crippen LogP contribution is -2.60. The third-order valence-corrected chi connectivity index (χ3v) is 16.5. The monoisotopic (exact) mass is 1140 g/mol. The van der Waals surface area contributed by atoms with Crippen molar-refractivity contribution in [2.45, 2.75) is 378 Å². The summed E-state index contributed by atoms with van der Waals surface area (Å²) in [4.78, 5) is 13.1. The molecule has 9 heteroatoms. The second-order valence-electron chi connectivity index (χ2n) is 24.3. The van der Waals surface area contributed by atoms with Crippen molar-refractivity contribution in [3.8, 4) is 0 Å². The van der Waals surface area contributed by atoms with Crippen LogP contribution in [0.5, 0.6) is 0 Å². The minimum absolute atomic E-state index is 0.186. The number of rotatable bonds is 61. The minimum Gasteiger partial charge on any atom is -0.394 e. The molecular weight excluding hydrogens is 1010 g/mol. The summed E-state index contributed by atoms with van der Waals surface area (Å²) in [5, 5.41) is 54.6.